The van der Waals surface area contributed by atoms with Gasteiger partial charge in [0.15, 0.2) is 5.69 Å². The normalized spacial score (nSPS) is 17.0. The molecule has 0 atom stereocenters. The van der Waals surface area contributed by atoms with E-state index in [4.69, 9.17) is 14.0 Å². The molecule has 1 fully saturated rings. The molecule has 1 amide bonds. The molecule has 0 bridgehead atoms. The first-order valence-corrected chi connectivity index (χ1v) is 12.6. The Labute approximate surface area is 206 Å². The lowest BCUT2D eigenvalue weighted by atomic mass is 10.0. The Bertz CT molecular complexity index is 1120. The van der Waals surface area contributed by atoms with Crippen molar-refractivity contribution < 1.29 is 18.8 Å². The van der Waals surface area contributed by atoms with Crippen LogP contribution in [0.1, 0.15) is 52.7 Å². The predicted octanol–water partition coefficient (Wildman–Crippen LogP) is 4.45. The van der Waals surface area contributed by atoms with Gasteiger partial charge in [0.1, 0.15) is 18.1 Å². The highest BCUT2D eigenvalue weighted by Crippen LogP contribution is 2.27. The third kappa shape index (κ3) is 5.92. The van der Waals surface area contributed by atoms with E-state index in [1.165, 1.54) is 11.1 Å². The molecule has 7 heteroatoms. The molecule has 35 heavy (non-hydrogen) atoms. The Balaban J connectivity index is 1.16. The molecule has 3 heterocycles. The second-order valence-electron chi connectivity index (χ2n) is 9.32. The van der Waals surface area contributed by atoms with Crippen LogP contribution in [0.25, 0.3) is 0 Å². The molecule has 0 radical (unpaired) electrons. The number of aryl methyl sites for hydroxylation is 1. The van der Waals surface area contributed by atoms with Crippen LogP contribution >= 0.6 is 0 Å². The van der Waals surface area contributed by atoms with Crippen LogP contribution in [-0.2, 0) is 30.9 Å². The van der Waals surface area contributed by atoms with Gasteiger partial charge in [-0.15, -0.1) is 0 Å². The van der Waals surface area contributed by atoms with Crippen LogP contribution in [0.2, 0.25) is 0 Å². The topological polar surface area (TPSA) is 68.0 Å². The summed E-state index contributed by atoms with van der Waals surface area (Å²) in [7, 11) is 0. The number of fused-ring (bicyclic) bond motifs is 1. The summed E-state index contributed by atoms with van der Waals surface area (Å²) in [6, 6.07) is 18.5. The first kappa shape index (κ1) is 23.6. The van der Waals surface area contributed by atoms with Crippen molar-refractivity contribution in [2.24, 2.45) is 0 Å². The van der Waals surface area contributed by atoms with Gasteiger partial charge in [-0.3, -0.25) is 9.69 Å². The fourth-order valence-corrected chi connectivity index (χ4v) is 4.74. The molecule has 1 saturated heterocycles. The predicted molar refractivity (Wildman–Crippen MR) is 132 cm³/mol. The molecule has 2 aliphatic rings. The molecule has 0 unspecified atom stereocenters. The molecule has 2 aliphatic heterocycles. The first-order valence-electron chi connectivity index (χ1n) is 12.6. The van der Waals surface area contributed by atoms with Crippen LogP contribution in [0.15, 0.2) is 59.1 Å². The van der Waals surface area contributed by atoms with Crippen molar-refractivity contribution >= 4 is 5.91 Å². The van der Waals surface area contributed by atoms with Crippen molar-refractivity contribution in [1.82, 2.24) is 15.0 Å². The van der Waals surface area contributed by atoms with E-state index in [0.29, 0.717) is 44.5 Å². The second kappa shape index (κ2) is 11.1. The minimum atomic E-state index is -0.118. The van der Waals surface area contributed by atoms with E-state index in [2.05, 4.69) is 46.5 Å². The number of hydrogen-bond donors (Lipinski definition) is 0. The molecule has 0 spiro atoms. The molecule has 3 aromatic rings. The van der Waals surface area contributed by atoms with Crippen LogP contribution < -0.4 is 4.74 Å². The quantitative estimate of drug-likeness (QED) is 0.503. The summed E-state index contributed by atoms with van der Waals surface area (Å²) in [5, 5.41) is 3.96. The van der Waals surface area contributed by atoms with E-state index in [0.717, 1.165) is 49.5 Å². The number of likely N-dealkylation sites (tertiary alicyclic amines) is 1. The van der Waals surface area contributed by atoms with Crippen molar-refractivity contribution in [2.75, 3.05) is 26.2 Å². The van der Waals surface area contributed by atoms with Gasteiger partial charge in [-0.1, -0.05) is 48.5 Å². The summed E-state index contributed by atoms with van der Waals surface area (Å²) in [6.07, 6.45) is 3.11. The second-order valence-corrected chi connectivity index (χ2v) is 9.32. The number of ether oxygens (including phenoxy) is 2. The number of carbonyl (C=O) groups excluding carboxylic acids is 1. The standard InChI is InChI=1S/C28H33N3O4/c1-2-24-17-26(29-35-24)28(32)31-14-15-33-27-9-8-22(16-23(27)19-31)18-30-12-10-25(11-13-30)34-20-21-6-4-3-5-7-21/h3-9,16-17,25H,2,10-15,18-20H2,1H3. The minimum Gasteiger partial charge on any atom is -0.491 e. The lowest BCUT2D eigenvalue weighted by molar-refractivity contribution is -0.00394. The number of hydrogen-bond acceptors (Lipinski definition) is 6. The van der Waals surface area contributed by atoms with Crippen molar-refractivity contribution in [3.8, 4) is 5.75 Å². The van der Waals surface area contributed by atoms with Crippen LogP contribution in [0.4, 0.5) is 0 Å². The van der Waals surface area contributed by atoms with E-state index >= 15 is 0 Å². The van der Waals surface area contributed by atoms with E-state index in [1.54, 1.807) is 11.0 Å². The summed E-state index contributed by atoms with van der Waals surface area (Å²) in [6.45, 7) is 7.07. The van der Waals surface area contributed by atoms with Gasteiger partial charge in [0, 0.05) is 44.2 Å². The fraction of sp³-hybridized carbons (Fsp3) is 0.429. The highest BCUT2D eigenvalue weighted by molar-refractivity contribution is 5.92. The maximum Gasteiger partial charge on any atom is 0.276 e. The number of carbonyl (C=O) groups is 1. The lowest BCUT2D eigenvalue weighted by Crippen LogP contribution is -2.36. The van der Waals surface area contributed by atoms with Gasteiger partial charge in [-0.25, -0.2) is 0 Å². The third-order valence-electron chi connectivity index (χ3n) is 6.79. The molecular weight excluding hydrogens is 442 g/mol. The Hall–Kier alpha value is -3.16. The Kier molecular flexibility index (Phi) is 7.45. The van der Waals surface area contributed by atoms with Gasteiger partial charge in [0.05, 0.1) is 19.3 Å². The van der Waals surface area contributed by atoms with Crippen molar-refractivity contribution in [3.63, 3.8) is 0 Å². The molecule has 5 rings (SSSR count). The molecule has 0 N–H and O–H groups in total. The van der Waals surface area contributed by atoms with E-state index in [1.807, 2.05) is 19.1 Å². The van der Waals surface area contributed by atoms with Gasteiger partial charge in [-0.05, 0) is 36.1 Å². The monoisotopic (exact) mass is 475 g/mol. The highest BCUT2D eigenvalue weighted by Gasteiger charge is 2.25. The SMILES string of the molecule is CCc1cc(C(=O)N2CCOc3ccc(CN4CCC(OCc5ccccc5)CC4)cc3C2)no1. The fourth-order valence-electron chi connectivity index (χ4n) is 4.74. The summed E-state index contributed by atoms with van der Waals surface area (Å²) < 4.78 is 17.3. The van der Waals surface area contributed by atoms with Gasteiger partial charge in [-0.2, -0.15) is 0 Å². The summed E-state index contributed by atoms with van der Waals surface area (Å²) in [5.41, 5.74) is 3.86. The zero-order valence-electron chi connectivity index (χ0n) is 20.3. The van der Waals surface area contributed by atoms with Gasteiger partial charge < -0.3 is 18.9 Å². The van der Waals surface area contributed by atoms with Crippen molar-refractivity contribution in [3.05, 3.63) is 82.7 Å². The smallest absolute Gasteiger partial charge is 0.276 e. The molecular formula is C28H33N3O4. The maximum absolute atomic E-state index is 13.0. The maximum atomic E-state index is 13.0. The number of nitrogens with zero attached hydrogens (tertiary/aromatic N) is 3. The Morgan fingerprint density at radius 2 is 1.89 bits per heavy atom. The average Bonchev–Trinajstić information content (AvgIpc) is 3.28. The third-order valence-corrected chi connectivity index (χ3v) is 6.79. The molecule has 184 valence electrons. The van der Waals surface area contributed by atoms with E-state index in [-0.39, 0.29) is 5.91 Å². The van der Waals surface area contributed by atoms with Crippen LogP contribution in [-0.4, -0.2) is 53.2 Å². The largest absolute Gasteiger partial charge is 0.491 e. The number of amides is 1. The first-order chi connectivity index (χ1) is 17.2. The lowest BCUT2D eigenvalue weighted by Gasteiger charge is -2.32. The number of rotatable bonds is 7. The summed E-state index contributed by atoms with van der Waals surface area (Å²) >= 11 is 0. The van der Waals surface area contributed by atoms with Gasteiger partial charge in [0.25, 0.3) is 5.91 Å². The van der Waals surface area contributed by atoms with Crippen LogP contribution in [0, 0.1) is 0 Å². The molecule has 0 aliphatic carbocycles. The van der Waals surface area contributed by atoms with Crippen molar-refractivity contribution in [2.45, 2.75) is 52.0 Å². The molecule has 1 aromatic heterocycles. The van der Waals surface area contributed by atoms with Crippen LogP contribution in [0.5, 0.6) is 5.75 Å². The number of benzene rings is 2. The summed E-state index contributed by atoms with van der Waals surface area (Å²) in [5.74, 6) is 1.45. The van der Waals surface area contributed by atoms with Gasteiger partial charge in [0.2, 0.25) is 0 Å². The van der Waals surface area contributed by atoms with Crippen molar-refractivity contribution in [1.29, 1.82) is 0 Å². The van der Waals surface area contributed by atoms with Gasteiger partial charge >= 0.3 is 0 Å². The number of piperidine rings is 1. The minimum absolute atomic E-state index is 0.118. The summed E-state index contributed by atoms with van der Waals surface area (Å²) in [4.78, 5) is 17.3. The zero-order valence-corrected chi connectivity index (χ0v) is 20.3. The molecule has 2 aromatic carbocycles. The Morgan fingerprint density at radius 1 is 1.06 bits per heavy atom. The Morgan fingerprint density at radius 3 is 2.66 bits per heavy atom. The molecule has 7 nitrogen and oxygen atoms in total. The highest BCUT2D eigenvalue weighted by atomic mass is 16.5. The van der Waals surface area contributed by atoms with E-state index < -0.39 is 0 Å². The zero-order chi connectivity index (χ0) is 24.0. The van der Waals surface area contributed by atoms with Crippen LogP contribution in [0.3, 0.4) is 0 Å². The molecule has 0 saturated carbocycles. The average molecular weight is 476 g/mol. The number of aromatic nitrogens is 1. The van der Waals surface area contributed by atoms with E-state index in [9.17, 15) is 4.79 Å².